The summed E-state index contributed by atoms with van der Waals surface area (Å²) in [5, 5.41) is 19.8. The number of aliphatic hydroxyl groups is 2. The van der Waals surface area contributed by atoms with Crippen LogP contribution in [0.2, 0.25) is 0 Å². The lowest BCUT2D eigenvalue weighted by Gasteiger charge is -2.25. The van der Waals surface area contributed by atoms with Crippen LogP contribution in [-0.4, -0.2) is 48.0 Å². The standard InChI is InChI=1S/C16H24O4.C6H6O3S/c1-3-4-10-14(12(2)17)15(18)11-20-16(19)13-8-6-5-7-9-13;7-10(8,9)6-4-2-1-3-5-6/h5-9,12,14-15,17-18H,3-4,10-11H2,1-2H3;1-5H,(H,7,8,9). The van der Waals surface area contributed by atoms with Crippen molar-refractivity contribution in [1.82, 2.24) is 0 Å². The number of hydrogen-bond acceptors (Lipinski definition) is 6. The largest absolute Gasteiger partial charge is 0.459 e. The highest BCUT2D eigenvalue weighted by molar-refractivity contribution is 7.85. The Labute approximate surface area is 178 Å². The molecule has 166 valence electrons. The van der Waals surface area contributed by atoms with Crippen LogP contribution in [0.5, 0.6) is 0 Å². The van der Waals surface area contributed by atoms with Gasteiger partial charge in [-0.2, -0.15) is 8.42 Å². The van der Waals surface area contributed by atoms with Crippen molar-refractivity contribution in [1.29, 1.82) is 0 Å². The van der Waals surface area contributed by atoms with Gasteiger partial charge in [0.1, 0.15) is 6.61 Å². The normalized spacial score (nSPS) is 14.0. The number of aliphatic hydroxyl groups excluding tert-OH is 2. The van der Waals surface area contributed by atoms with E-state index in [2.05, 4.69) is 6.92 Å². The Balaban J connectivity index is 0.000000375. The predicted octanol–water partition coefficient (Wildman–Crippen LogP) is 3.32. The Hall–Kier alpha value is -2.26. The van der Waals surface area contributed by atoms with Gasteiger partial charge in [0.15, 0.2) is 0 Å². The summed E-state index contributed by atoms with van der Waals surface area (Å²) < 4.78 is 34.3. The summed E-state index contributed by atoms with van der Waals surface area (Å²) in [7, 11) is -4.00. The molecule has 0 amide bonds. The van der Waals surface area contributed by atoms with Gasteiger partial charge in [0.05, 0.1) is 22.7 Å². The van der Waals surface area contributed by atoms with E-state index in [-0.39, 0.29) is 17.4 Å². The SMILES string of the molecule is CCCCC(C(C)O)C(O)COC(=O)c1ccccc1.O=S(=O)(O)c1ccccc1. The molecule has 3 unspecified atom stereocenters. The fraction of sp³-hybridized carbons (Fsp3) is 0.409. The van der Waals surface area contributed by atoms with Crippen LogP contribution in [0.1, 0.15) is 43.5 Å². The van der Waals surface area contributed by atoms with Crippen molar-refractivity contribution in [2.24, 2.45) is 5.92 Å². The third-order valence-electron chi connectivity index (χ3n) is 4.44. The summed E-state index contributed by atoms with van der Waals surface area (Å²) in [5.74, 6) is -0.719. The number of carbonyl (C=O) groups excluding carboxylic acids is 1. The summed E-state index contributed by atoms with van der Waals surface area (Å²) in [6.07, 6.45) is 1.19. The number of benzene rings is 2. The quantitative estimate of drug-likeness (QED) is 0.405. The summed E-state index contributed by atoms with van der Waals surface area (Å²) in [4.78, 5) is 11.7. The van der Waals surface area contributed by atoms with Gasteiger partial charge in [-0.15, -0.1) is 0 Å². The number of rotatable bonds is 9. The molecule has 0 bridgehead atoms. The van der Waals surface area contributed by atoms with E-state index in [1.165, 1.54) is 12.1 Å². The summed E-state index contributed by atoms with van der Waals surface area (Å²) in [6, 6.07) is 16.1. The minimum atomic E-state index is -4.00. The van der Waals surface area contributed by atoms with Crippen LogP contribution in [-0.2, 0) is 14.9 Å². The van der Waals surface area contributed by atoms with Crippen molar-refractivity contribution in [3.05, 3.63) is 66.2 Å². The molecule has 30 heavy (non-hydrogen) atoms. The molecule has 7 nitrogen and oxygen atoms in total. The van der Waals surface area contributed by atoms with Crippen LogP contribution in [0.3, 0.4) is 0 Å². The number of carbonyl (C=O) groups is 1. The first kappa shape index (κ1) is 25.8. The highest BCUT2D eigenvalue weighted by Crippen LogP contribution is 2.18. The van der Waals surface area contributed by atoms with E-state index >= 15 is 0 Å². The Bertz CT molecular complexity index is 836. The molecule has 2 aromatic rings. The number of ether oxygens (including phenoxy) is 1. The zero-order valence-electron chi connectivity index (χ0n) is 17.2. The molecule has 2 aromatic carbocycles. The minimum absolute atomic E-state index is 0.0741. The lowest BCUT2D eigenvalue weighted by atomic mass is 9.91. The highest BCUT2D eigenvalue weighted by Gasteiger charge is 2.24. The maximum absolute atomic E-state index is 11.8. The average Bonchev–Trinajstić information content (AvgIpc) is 2.73. The van der Waals surface area contributed by atoms with Gasteiger partial charge < -0.3 is 14.9 Å². The first-order chi connectivity index (χ1) is 14.2. The van der Waals surface area contributed by atoms with Crippen LogP contribution >= 0.6 is 0 Å². The van der Waals surface area contributed by atoms with Gasteiger partial charge in [0.25, 0.3) is 10.1 Å². The van der Waals surface area contributed by atoms with Crippen molar-refractivity contribution in [3.8, 4) is 0 Å². The third kappa shape index (κ3) is 9.49. The van der Waals surface area contributed by atoms with Gasteiger partial charge in [0.2, 0.25) is 0 Å². The Morgan fingerprint density at radius 2 is 1.53 bits per heavy atom. The van der Waals surface area contributed by atoms with Crippen LogP contribution in [0.15, 0.2) is 65.6 Å². The second kappa shape index (κ2) is 13.1. The Morgan fingerprint density at radius 3 is 1.97 bits per heavy atom. The number of hydrogen-bond donors (Lipinski definition) is 3. The maximum atomic E-state index is 11.8. The molecular weight excluding hydrogens is 408 g/mol. The summed E-state index contributed by atoms with van der Waals surface area (Å²) in [5.41, 5.74) is 0.460. The molecule has 8 heteroatoms. The van der Waals surface area contributed by atoms with E-state index in [4.69, 9.17) is 9.29 Å². The average molecular weight is 439 g/mol. The van der Waals surface area contributed by atoms with Crippen molar-refractivity contribution in [2.75, 3.05) is 6.61 Å². The Morgan fingerprint density at radius 1 is 1.00 bits per heavy atom. The van der Waals surface area contributed by atoms with E-state index in [1.54, 1.807) is 49.4 Å². The molecule has 0 aromatic heterocycles. The van der Waals surface area contributed by atoms with Gasteiger partial charge in [0, 0.05) is 5.92 Å². The minimum Gasteiger partial charge on any atom is -0.459 e. The van der Waals surface area contributed by atoms with Crippen molar-refractivity contribution in [2.45, 2.75) is 50.2 Å². The predicted molar refractivity (Wildman–Crippen MR) is 114 cm³/mol. The molecule has 3 N–H and O–H groups in total. The molecule has 0 heterocycles. The Kier molecular flexibility index (Phi) is 11.3. The van der Waals surface area contributed by atoms with Gasteiger partial charge >= 0.3 is 5.97 Å². The monoisotopic (exact) mass is 438 g/mol. The van der Waals surface area contributed by atoms with Crippen LogP contribution in [0.25, 0.3) is 0 Å². The topological polar surface area (TPSA) is 121 Å². The second-order valence-corrected chi connectivity index (χ2v) is 8.29. The van der Waals surface area contributed by atoms with E-state index in [1.807, 2.05) is 6.07 Å². The van der Waals surface area contributed by atoms with E-state index in [9.17, 15) is 23.4 Å². The number of unbranched alkanes of at least 4 members (excludes halogenated alkanes) is 1. The number of esters is 1. The van der Waals surface area contributed by atoms with Gasteiger partial charge in [-0.05, 0) is 37.6 Å². The van der Waals surface area contributed by atoms with Gasteiger partial charge in [-0.1, -0.05) is 56.2 Å². The first-order valence-corrected chi connectivity index (χ1v) is 11.2. The van der Waals surface area contributed by atoms with Crippen LogP contribution < -0.4 is 0 Å². The second-order valence-electron chi connectivity index (χ2n) is 6.87. The van der Waals surface area contributed by atoms with Crippen molar-refractivity contribution < 1.29 is 32.7 Å². The van der Waals surface area contributed by atoms with Crippen LogP contribution in [0.4, 0.5) is 0 Å². The molecular formula is C22H30O7S. The molecule has 3 atom stereocenters. The molecule has 0 saturated heterocycles. The zero-order chi connectivity index (χ0) is 22.6. The lowest BCUT2D eigenvalue weighted by molar-refractivity contribution is -0.0265. The third-order valence-corrected chi connectivity index (χ3v) is 5.31. The molecule has 0 aliphatic rings. The molecule has 0 aliphatic heterocycles. The van der Waals surface area contributed by atoms with E-state index in [0.29, 0.717) is 5.56 Å². The van der Waals surface area contributed by atoms with E-state index in [0.717, 1.165) is 19.3 Å². The van der Waals surface area contributed by atoms with Crippen LogP contribution in [0, 0.1) is 5.92 Å². The van der Waals surface area contributed by atoms with Crippen molar-refractivity contribution in [3.63, 3.8) is 0 Å². The molecule has 0 radical (unpaired) electrons. The summed E-state index contributed by atoms with van der Waals surface area (Å²) >= 11 is 0. The lowest BCUT2D eigenvalue weighted by Crippen LogP contribution is -2.34. The zero-order valence-corrected chi connectivity index (χ0v) is 18.0. The van der Waals surface area contributed by atoms with E-state index < -0.39 is 28.3 Å². The molecule has 2 rings (SSSR count). The highest BCUT2D eigenvalue weighted by atomic mass is 32.2. The molecule has 0 spiro atoms. The van der Waals surface area contributed by atoms with Gasteiger partial charge in [-0.25, -0.2) is 4.79 Å². The molecule has 0 aliphatic carbocycles. The van der Waals surface area contributed by atoms with Gasteiger partial charge in [-0.3, -0.25) is 4.55 Å². The molecule has 0 fully saturated rings. The fourth-order valence-electron chi connectivity index (χ4n) is 2.73. The maximum Gasteiger partial charge on any atom is 0.338 e. The first-order valence-electron chi connectivity index (χ1n) is 9.77. The summed E-state index contributed by atoms with van der Waals surface area (Å²) in [6.45, 7) is 3.62. The fourth-order valence-corrected chi connectivity index (χ4v) is 3.23. The van der Waals surface area contributed by atoms with Crippen molar-refractivity contribution >= 4 is 16.1 Å². The molecule has 0 saturated carbocycles. The smallest absolute Gasteiger partial charge is 0.338 e.